The summed E-state index contributed by atoms with van der Waals surface area (Å²) in [5, 5.41) is 0.779. The van der Waals surface area contributed by atoms with E-state index in [2.05, 4.69) is 23.8 Å². The van der Waals surface area contributed by atoms with Crippen LogP contribution in [-0.2, 0) is 11.2 Å². The number of hydrogen-bond acceptors (Lipinski definition) is 5. The fourth-order valence-electron chi connectivity index (χ4n) is 2.18. The minimum Gasteiger partial charge on any atom is -0.477 e. The van der Waals surface area contributed by atoms with Crippen LogP contribution in [0.25, 0.3) is 11.0 Å². The summed E-state index contributed by atoms with van der Waals surface area (Å²) in [4.78, 5) is 20.9. The van der Waals surface area contributed by atoms with Crippen LogP contribution in [0.2, 0.25) is 0 Å². The Morgan fingerprint density at radius 3 is 2.57 bits per heavy atom. The molecular formula is C17H25N3O3. The molecule has 6 nitrogen and oxygen atoms in total. The molecule has 0 unspecified atom stereocenters. The third-order valence-electron chi connectivity index (χ3n) is 3.15. The van der Waals surface area contributed by atoms with Gasteiger partial charge in [0.15, 0.2) is 5.65 Å². The maximum Gasteiger partial charge on any atom is 0.420 e. The van der Waals surface area contributed by atoms with Crippen molar-refractivity contribution in [3.05, 3.63) is 18.1 Å². The second-order valence-electron chi connectivity index (χ2n) is 6.94. The van der Waals surface area contributed by atoms with Gasteiger partial charge in [-0.2, -0.15) is 0 Å². The molecule has 0 fully saturated rings. The number of aromatic nitrogens is 3. The summed E-state index contributed by atoms with van der Waals surface area (Å²) in [6.07, 6.45) is 3.47. The molecule has 2 heterocycles. The average molecular weight is 319 g/mol. The molecule has 0 saturated carbocycles. The second kappa shape index (κ2) is 6.56. The van der Waals surface area contributed by atoms with E-state index in [9.17, 15) is 4.79 Å². The molecule has 23 heavy (non-hydrogen) atoms. The number of hydrogen-bond donors (Lipinski definition) is 0. The van der Waals surface area contributed by atoms with Crippen LogP contribution < -0.4 is 4.74 Å². The molecule has 126 valence electrons. The highest BCUT2D eigenvalue weighted by Gasteiger charge is 2.23. The number of fused-ring (bicyclic) bond motifs is 1. The second-order valence-corrected chi connectivity index (χ2v) is 6.94. The van der Waals surface area contributed by atoms with Gasteiger partial charge in [0.1, 0.15) is 11.9 Å². The van der Waals surface area contributed by atoms with Gasteiger partial charge in [-0.25, -0.2) is 19.3 Å². The van der Waals surface area contributed by atoms with E-state index in [1.165, 1.54) is 10.9 Å². The van der Waals surface area contributed by atoms with Gasteiger partial charge in [0.05, 0.1) is 12.0 Å². The lowest BCUT2D eigenvalue weighted by molar-refractivity contribution is 0.0543. The predicted molar refractivity (Wildman–Crippen MR) is 88.9 cm³/mol. The third kappa shape index (κ3) is 4.00. The van der Waals surface area contributed by atoms with Crippen LogP contribution in [0.3, 0.4) is 0 Å². The smallest absolute Gasteiger partial charge is 0.420 e. The van der Waals surface area contributed by atoms with Crippen LogP contribution in [0.15, 0.2) is 12.5 Å². The van der Waals surface area contributed by atoms with Crippen molar-refractivity contribution in [2.45, 2.75) is 53.6 Å². The monoisotopic (exact) mass is 319 g/mol. The Morgan fingerprint density at radius 1 is 1.30 bits per heavy atom. The molecule has 0 aromatic carbocycles. The number of carbonyl (C=O) groups excluding carboxylic acids is 1. The highest BCUT2D eigenvalue weighted by atomic mass is 16.6. The Labute approximate surface area is 136 Å². The van der Waals surface area contributed by atoms with Crippen LogP contribution in [-0.4, -0.2) is 32.8 Å². The normalized spacial score (nSPS) is 12.0. The molecule has 0 N–H and O–H groups in total. The van der Waals surface area contributed by atoms with Gasteiger partial charge in [-0.05, 0) is 38.7 Å². The first-order valence-electron chi connectivity index (χ1n) is 7.94. The first kappa shape index (κ1) is 17.2. The molecule has 0 spiro atoms. The third-order valence-corrected chi connectivity index (χ3v) is 3.15. The van der Waals surface area contributed by atoms with Crippen molar-refractivity contribution < 1.29 is 14.3 Å². The highest BCUT2D eigenvalue weighted by Crippen LogP contribution is 2.28. The van der Waals surface area contributed by atoms with Gasteiger partial charge in [0.25, 0.3) is 0 Å². The van der Waals surface area contributed by atoms with Crippen LogP contribution in [0.1, 0.15) is 47.1 Å². The maximum absolute atomic E-state index is 12.4. The molecule has 0 aliphatic heterocycles. The maximum atomic E-state index is 12.4. The SMILES string of the molecule is CCc1cn(C(=O)OC(C)(C)C)c2ncnc(OCC(C)C)c12. The lowest BCUT2D eigenvalue weighted by atomic mass is 10.2. The van der Waals surface area contributed by atoms with E-state index in [0.29, 0.717) is 24.1 Å². The molecule has 0 aliphatic carbocycles. The number of nitrogens with zero attached hydrogens (tertiary/aromatic N) is 3. The van der Waals surface area contributed by atoms with Crippen molar-refractivity contribution in [3.63, 3.8) is 0 Å². The molecule has 6 heteroatoms. The summed E-state index contributed by atoms with van der Waals surface area (Å²) in [5.74, 6) is 0.904. The van der Waals surface area contributed by atoms with Gasteiger partial charge in [-0.15, -0.1) is 0 Å². The number of rotatable bonds is 4. The standard InChI is InChI=1S/C17H25N3O3/c1-7-12-8-20(16(21)23-17(4,5)6)14-13(12)15(19-10-18-14)22-9-11(2)3/h8,10-11H,7,9H2,1-6H3. The number of ether oxygens (including phenoxy) is 2. The lowest BCUT2D eigenvalue weighted by Gasteiger charge is -2.19. The average Bonchev–Trinajstić information content (AvgIpc) is 2.82. The Morgan fingerprint density at radius 2 is 2.00 bits per heavy atom. The van der Waals surface area contributed by atoms with Crippen LogP contribution in [0.4, 0.5) is 4.79 Å². The van der Waals surface area contributed by atoms with Gasteiger partial charge in [-0.3, -0.25) is 0 Å². The topological polar surface area (TPSA) is 66.2 Å². The summed E-state index contributed by atoms with van der Waals surface area (Å²) < 4.78 is 12.7. The van der Waals surface area contributed by atoms with Crippen molar-refractivity contribution >= 4 is 17.1 Å². The molecule has 0 amide bonds. The fourth-order valence-corrected chi connectivity index (χ4v) is 2.18. The van der Waals surface area contributed by atoms with Crippen molar-refractivity contribution in [1.82, 2.24) is 14.5 Å². The minimum absolute atomic E-state index is 0.387. The summed E-state index contributed by atoms with van der Waals surface area (Å²) in [6.45, 7) is 12.2. The van der Waals surface area contributed by atoms with E-state index in [-0.39, 0.29) is 0 Å². The zero-order valence-electron chi connectivity index (χ0n) is 14.7. The van der Waals surface area contributed by atoms with E-state index < -0.39 is 11.7 Å². The Balaban J connectivity index is 2.48. The highest BCUT2D eigenvalue weighted by molar-refractivity contribution is 5.92. The zero-order valence-corrected chi connectivity index (χ0v) is 14.7. The van der Waals surface area contributed by atoms with E-state index in [4.69, 9.17) is 9.47 Å². The largest absolute Gasteiger partial charge is 0.477 e. The van der Waals surface area contributed by atoms with E-state index in [1.54, 1.807) is 6.20 Å². The van der Waals surface area contributed by atoms with Gasteiger partial charge < -0.3 is 9.47 Å². The molecule has 0 bridgehead atoms. The Bertz CT molecular complexity index is 699. The first-order chi connectivity index (χ1) is 10.7. The van der Waals surface area contributed by atoms with Crippen molar-refractivity contribution in [2.24, 2.45) is 5.92 Å². The number of carbonyl (C=O) groups is 1. The van der Waals surface area contributed by atoms with E-state index >= 15 is 0 Å². The van der Waals surface area contributed by atoms with E-state index in [0.717, 1.165) is 17.4 Å². The van der Waals surface area contributed by atoms with Gasteiger partial charge in [-0.1, -0.05) is 20.8 Å². The fraction of sp³-hybridized carbons (Fsp3) is 0.588. The molecule has 2 aromatic rings. The Kier molecular flexibility index (Phi) is 4.92. The summed E-state index contributed by atoms with van der Waals surface area (Å²) in [7, 11) is 0. The zero-order chi connectivity index (χ0) is 17.2. The van der Waals surface area contributed by atoms with Gasteiger partial charge in [0.2, 0.25) is 5.88 Å². The Hall–Kier alpha value is -2.11. The molecule has 0 saturated heterocycles. The van der Waals surface area contributed by atoms with Gasteiger partial charge >= 0.3 is 6.09 Å². The molecule has 0 aliphatic rings. The molecular weight excluding hydrogens is 294 g/mol. The van der Waals surface area contributed by atoms with Gasteiger partial charge in [0, 0.05) is 6.20 Å². The van der Waals surface area contributed by atoms with Crippen molar-refractivity contribution in [1.29, 1.82) is 0 Å². The van der Waals surface area contributed by atoms with Crippen molar-refractivity contribution in [3.8, 4) is 5.88 Å². The molecule has 2 aromatic heterocycles. The lowest BCUT2D eigenvalue weighted by Crippen LogP contribution is -2.26. The van der Waals surface area contributed by atoms with E-state index in [1.807, 2.05) is 27.7 Å². The summed E-state index contributed by atoms with van der Waals surface area (Å²) in [6, 6.07) is 0. The summed E-state index contributed by atoms with van der Waals surface area (Å²) >= 11 is 0. The quantitative estimate of drug-likeness (QED) is 0.857. The summed E-state index contributed by atoms with van der Waals surface area (Å²) in [5.41, 5.74) is 0.916. The minimum atomic E-state index is -0.565. The van der Waals surface area contributed by atoms with Crippen LogP contribution in [0, 0.1) is 5.92 Å². The molecule has 0 atom stereocenters. The van der Waals surface area contributed by atoms with Crippen LogP contribution >= 0.6 is 0 Å². The van der Waals surface area contributed by atoms with Crippen molar-refractivity contribution in [2.75, 3.05) is 6.61 Å². The predicted octanol–water partition coefficient (Wildman–Crippen LogP) is 3.81. The number of aryl methyl sites for hydroxylation is 1. The molecule has 2 rings (SSSR count). The van der Waals surface area contributed by atoms with Crippen LogP contribution in [0.5, 0.6) is 5.88 Å². The molecule has 0 radical (unpaired) electrons. The first-order valence-corrected chi connectivity index (χ1v) is 7.94.